The smallest absolute Gasteiger partial charge is 0.265 e. The lowest BCUT2D eigenvalue weighted by Crippen LogP contribution is -2.70. The van der Waals surface area contributed by atoms with Crippen molar-refractivity contribution in [3.8, 4) is 11.8 Å². The Balaban J connectivity index is 0.000000188. The molecule has 524 valence electrons. The highest BCUT2D eigenvalue weighted by Gasteiger charge is 2.87. The third-order valence-corrected chi connectivity index (χ3v) is 32.7. The molecule has 23 heteroatoms. The topological polar surface area (TPSA) is 256 Å². The predicted octanol–water partition coefficient (Wildman–Crippen LogP) is 14.2. The van der Waals surface area contributed by atoms with E-state index in [1.807, 2.05) is 182 Å². The van der Waals surface area contributed by atoms with Crippen LogP contribution in [0.15, 0.2) is 105 Å². The molecule has 1 N–H and O–H groups in total. The molecule has 3 saturated carbocycles. The van der Waals surface area contributed by atoms with Crippen LogP contribution in [0.4, 0.5) is 11.4 Å². The number of anilines is 2. The first-order chi connectivity index (χ1) is 46.3. The molecule has 13 rings (SSSR count). The third kappa shape index (κ3) is 10.6. The van der Waals surface area contributed by atoms with Gasteiger partial charge < -0.3 is 42.3 Å². The van der Waals surface area contributed by atoms with Crippen LogP contribution in [0.25, 0.3) is 16.2 Å². The second-order valence-electron chi connectivity index (χ2n) is 32.7. The van der Waals surface area contributed by atoms with Crippen LogP contribution in [0.1, 0.15) is 154 Å². The van der Waals surface area contributed by atoms with Gasteiger partial charge in [0.05, 0.1) is 12.1 Å². The fourth-order valence-corrected chi connectivity index (χ4v) is 19.8. The number of ketones is 5. The number of ether oxygens (including phenoxy) is 2. The molecule has 21 nitrogen and oxygen atoms in total. The standard InChI is InChI=1S/C38H48N6O6Si.C38H47N3O6Si/c1-22-16-17-26(43(5)6)24-18-37(21-40-42-39)19-25-30(44(7)8)32-28(35(41-49-32)48-20-23-14-12-11-13-15-23)33(46)38(25,50-51(9,10)36(2,3)4)34(47)29(37)31(45)27(22)24;1-22-16-17-26(40(5)6)24-18-36-19-25-29(41(7)8)30-28(33(39-46-30)45-20-23-14-12-11-13-15-23)32(43)38(25,47-48(9,10)35(2,3)4)34(44)37(36,21-36)31(42)27(22)24/h11-17,25,30,45H,18-21H2,1-10H3;11-17,25,29H,18-21H2,1-10H3/t25-,30-,37-,38+;25-,29-,36-,37+,38+/m00/s1. The molecule has 4 aromatic carbocycles. The number of benzene rings is 4. The number of carbonyl (C=O) groups excluding carboxylic acids is 5. The van der Waals surface area contributed by atoms with Crippen LogP contribution in [0.5, 0.6) is 11.8 Å². The summed E-state index contributed by atoms with van der Waals surface area (Å²) in [5.74, 6) is -3.16. The summed E-state index contributed by atoms with van der Waals surface area (Å²) in [6, 6.07) is 25.9. The second-order valence-corrected chi connectivity index (χ2v) is 42.1. The molecule has 6 aromatic rings. The van der Waals surface area contributed by atoms with Gasteiger partial charge in [-0.2, -0.15) is 0 Å². The summed E-state index contributed by atoms with van der Waals surface area (Å²) in [4.78, 5) is 88.5. The Morgan fingerprint density at radius 2 is 1.04 bits per heavy atom. The highest BCUT2D eigenvalue weighted by molar-refractivity contribution is 6.75. The summed E-state index contributed by atoms with van der Waals surface area (Å²) >= 11 is 0. The average molecular weight is 1380 g/mol. The van der Waals surface area contributed by atoms with Crippen molar-refractivity contribution in [3.05, 3.63) is 168 Å². The number of hydrogen-bond donors (Lipinski definition) is 1. The average Bonchev–Trinajstić information content (AvgIpc) is 1.47. The van der Waals surface area contributed by atoms with Gasteiger partial charge in [-0.15, -0.1) is 0 Å². The number of aliphatic hydroxyl groups is 1. The molecular formula is C76H95N9O12Si2. The molecule has 2 aromatic heterocycles. The van der Waals surface area contributed by atoms with E-state index < -0.39 is 90.4 Å². The lowest BCUT2D eigenvalue weighted by Gasteiger charge is -2.58. The third-order valence-electron chi connectivity index (χ3n) is 23.8. The van der Waals surface area contributed by atoms with E-state index in [0.717, 1.165) is 44.8 Å². The minimum absolute atomic E-state index is 0.0141. The van der Waals surface area contributed by atoms with Gasteiger partial charge in [-0.05, 0) is 177 Å². The Morgan fingerprint density at radius 3 is 1.49 bits per heavy atom. The SMILES string of the molecule is Cc1ccc(N(C)C)c2c1C(=O)[C@@]13C[C@]1(C2)C[C@H]1[C@H](N(C)C)c2onc(OCc4ccccc4)c2C(=O)[C@@]1(O[Si](C)(C)C(C)(C)C)C3=O.Cc1ccc(N(C)C)c2c1C(O)=C1C(=O)[C@]3(O[Si](C)(C)C(C)(C)C)C(=O)c4c(OCc5ccccc5)noc4[C@@H](N(C)C)[C@@H]3C[C@]1(CN=[N+]=[N-])C2. The number of carbonyl (C=O) groups is 5. The van der Waals surface area contributed by atoms with Crippen molar-refractivity contribution in [2.75, 3.05) is 72.7 Å². The van der Waals surface area contributed by atoms with Gasteiger partial charge in [0.25, 0.3) is 11.8 Å². The second kappa shape index (κ2) is 24.4. The van der Waals surface area contributed by atoms with Crippen molar-refractivity contribution in [2.24, 2.45) is 33.2 Å². The fraction of sp³-hybridized carbons (Fsp3) is 0.513. The van der Waals surface area contributed by atoms with Gasteiger partial charge in [-0.25, -0.2) is 0 Å². The zero-order valence-electron chi connectivity index (χ0n) is 61.0. The summed E-state index contributed by atoms with van der Waals surface area (Å²) < 4.78 is 38.9. The largest absolute Gasteiger partial charge is 0.507 e. The summed E-state index contributed by atoms with van der Waals surface area (Å²) in [5, 5.41) is 24.3. The van der Waals surface area contributed by atoms with Crippen molar-refractivity contribution in [3.63, 3.8) is 0 Å². The van der Waals surface area contributed by atoms with E-state index in [4.69, 9.17) is 27.4 Å². The van der Waals surface area contributed by atoms with Crippen LogP contribution in [-0.4, -0.2) is 145 Å². The van der Waals surface area contributed by atoms with Gasteiger partial charge in [0.1, 0.15) is 35.5 Å². The Hall–Kier alpha value is -8.03. The number of Topliss-reactive ketones (excluding diaryl/α,β-unsaturated/α-hetero) is 5. The molecule has 0 radical (unpaired) electrons. The molecule has 9 atom stereocenters. The van der Waals surface area contributed by atoms with Gasteiger partial charge in [-0.3, -0.25) is 33.8 Å². The van der Waals surface area contributed by atoms with Crippen LogP contribution < -0.4 is 19.3 Å². The highest BCUT2D eigenvalue weighted by atomic mass is 28.4. The summed E-state index contributed by atoms with van der Waals surface area (Å²) in [5.41, 5.74) is 11.1. The highest BCUT2D eigenvalue weighted by Crippen LogP contribution is 2.79. The van der Waals surface area contributed by atoms with Gasteiger partial charge in [0, 0.05) is 85.0 Å². The molecule has 0 saturated heterocycles. The van der Waals surface area contributed by atoms with Crippen LogP contribution in [-0.2, 0) is 44.5 Å². The van der Waals surface area contributed by atoms with Crippen LogP contribution in [0.2, 0.25) is 36.3 Å². The maximum absolute atomic E-state index is 15.8. The van der Waals surface area contributed by atoms with E-state index in [1.165, 1.54) is 0 Å². The van der Waals surface area contributed by atoms with Crippen molar-refractivity contribution in [1.82, 2.24) is 20.1 Å². The molecule has 3 fully saturated rings. The molecule has 0 bridgehead atoms. The van der Waals surface area contributed by atoms with Gasteiger partial charge in [0.15, 0.2) is 50.9 Å². The lowest BCUT2D eigenvalue weighted by molar-refractivity contribution is -0.151. The maximum Gasteiger partial charge on any atom is 0.265 e. The molecule has 0 unspecified atom stereocenters. The number of nitrogens with zero attached hydrogens (tertiary/aromatic N) is 9. The number of aromatic nitrogens is 2. The molecule has 99 heavy (non-hydrogen) atoms. The first kappa shape index (κ1) is 70.8. The van der Waals surface area contributed by atoms with Gasteiger partial charge in [-0.1, -0.05) is 119 Å². The Kier molecular flexibility index (Phi) is 17.4. The van der Waals surface area contributed by atoms with Crippen LogP contribution >= 0.6 is 0 Å². The van der Waals surface area contributed by atoms with Gasteiger partial charge in [0.2, 0.25) is 17.3 Å². The first-order valence-electron chi connectivity index (χ1n) is 34.2. The Morgan fingerprint density at radius 1 is 0.596 bits per heavy atom. The molecule has 2 heterocycles. The molecule has 7 aliphatic carbocycles. The minimum Gasteiger partial charge on any atom is -0.507 e. The number of aliphatic hydroxyl groups excluding tert-OH is 1. The summed E-state index contributed by atoms with van der Waals surface area (Å²) in [6.45, 7) is 24.6. The van der Waals surface area contributed by atoms with Crippen molar-refractivity contribution >= 4 is 62.7 Å². The van der Waals surface area contributed by atoms with Crippen LogP contribution in [0.3, 0.4) is 0 Å². The quantitative estimate of drug-likeness (QED) is 0.0310. The number of rotatable bonds is 16. The Labute approximate surface area is 582 Å². The van der Waals surface area contributed by atoms with E-state index in [2.05, 4.69) is 81.0 Å². The predicted molar refractivity (Wildman–Crippen MR) is 383 cm³/mol. The van der Waals surface area contributed by atoms with E-state index in [1.54, 1.807) is 0 Å². The van der Waals surface area contributed by atoms with Crippen LogP contribution in [0, 0.1) is 41.9 Å². The fourth-order valence-electron chi connectivity index (χ4n) is 16.9. The van der Waals surface area contributed by atoms with E-state index in [9.17, 15) is 15.4 Å². The molecular weight excluding hydrogens is 1290 g/mol. The first-order valence-corrected chi connectivity index (χ1v) is 40.0. The molecule has 0 aliphatic heterocycles. The summed E-state index contributed by atoms with van der Waals surface area (Å²) in [7, 11) is 9.67. The normalized spacial score (nSPS) is 26.7. The Bertz CT molecular complexity index is 4390. The van der Waals surface area contributed by atoms with Crippen molar-refractivity contribution < 1.29 is 56.5 Å². The molecule has 7 aliphatic rings. The monoisotopic (exact) mass is 1380 g/mol. The maximum atomic E-state index is 15.8. The zero-order chi connectivity index (χ0) is 72.0. The number of fused-ring (bicyclic) bond motifs is 7. The zero-order valence-corrected chi connectivity index (χ0v) is 63.0. The molecule has 0 spiro atoms. The number of azide groups is 1. The minimum atomic E-state index is -2.93. The number of hydrogen-bond acceptors (Lipinski definition) is 19. The van der Waals surface area contributed by atoms with E-state index in [0.29, 0.717) is 42.6 Å². The molecule has 0 amide bonds. The number of aryl methyl sites for hydroxylation is 2. The van der Waals surface area contributed by atoms with E-state index >= 15 is 19.2 Å². The van der Waals surface area contributed by atoms with Crippen molar-refractivity contribution in [1.29, 1.82) is 0 Å². The summed E-state index contributed by atoms with van der Waals surface area (Å²) in [6.07, 6.45) is 1.94. The lowest BCUT2D eigenvalue weighted by atomic mass is 9.51. The van der Waals surface area contributed by atoms with Gasteiger partial charge >= 0.3 is 0 Å². The van der Waals surface area contributed by atoms with Crippen molar-refractivity contribution in [2.45, 2.75) is 160 Å². The van der Waals surface area contributed by atoms with E-state index in [-0.39, 0.29) is 82.8 Å².